The Morgan fingerprint density at radius 1 is 0.968 bits per heavy atom. The molecule has 3 aromatic rings. The van der Waals surface area contributed by atoms with Crippen molar-refractivity contribution in [2.45, 2.75) is 44.3 Å². The lowest BCUT2D eigenvalue weighted by Gasteiger charge is -2.41. The molecule has 0 atom stereocenters. The summed E-state index contributed by atoms with van der Waals surface area (Å²) in [6, 6.07) is 19.4. The molecule has 0 spiro atoms. The van der Waals surface area contributed by atoms with E-state index in [2.05, 4.69) is 17.1 Å². The van der Waals surface area contributed by atoms with Crippen LogP contribution in [0.15, 0.2) is 73.1 Å². The molecule has 0 bridgehead atoms. The molecule has 1 fully saturated rings. The van der Waals surface area contributed by atoms with E-state index in [4.69, 9.17) is 9.47 Å². The molecular weight excluding hydrogens is 389 g/mol. The third-order valence-corrected chi connectivity index (χ3v) is 6.55. The molecule has 3 nitrogen and oxygen atoms in total. The summed E-state index contributed by atoms with van der Waals surface area (Å²) in [4.78, 5) is 4.10. The predicted molar refractivity (Wildman–Crippen MR) is 121 cm³/mol. The van der Waals surface area contributed by atoms with Gasteiger partial charge in [-0.1, -0.05) is 42.5 Å². The van der Waals surface area contributed by atoms with Crippen molar-refractivity contribution in [3.8, 4) is 11.1 Å². The summed E-state index contributed by atoms with van der Waals surface area (Å²) in [5.74, 6) is 0.385. The lowest BCUT2D eigenvalue weighted by molar-refractivity contribution is -0.0592. The maximum atomic E-state index is 15.1. The van der Waals surface area contributed by atoms with Crippen LogP contribution in [0.5, 0.6) is 0 Å². The Kier molecular flexibility index (Phi) is 7.10. The average molecular weight is 420 g/mol. The molecule has 1 aliphatic rings. The molecule has 1 heterocycles. The third-order valence-electron chi connectivity index (χ3n) is 6.55. The van der Waals surface area contributed by atoms with Gasteiger partial charge in [-0.05, 0) is 72.9 Å². The van der Waals surface area contributed by atoms with E-state index in [0.717, 1.165) is 49.8 Å². The van der Waals surface area contributed by atoms with Crippen molar-refractivity contribution < 1.29 is 13.9 Å². The minimum Gasteiger partial charge on any atom is -0.377 e. The Bertz CT molecular complexity index is 953. The van der Waals surface area contributed by atoms with Crippen LogP contribution in [0.3, 0.4) is 0 Å². The zero-order valence-electron chi connectivity index (χ0n) is 18.1. The van der Waals surface area contributed by atoms with Crippen molar-refractivity contribution in [3.05, 3.63) is 90.0 Å². The van der Waals surface area contributed by atoms with Crippen molar-refractivity contribution in [2.75, 3.05) is 13.7 Å². The smallest absolute Gasteiger partial charge is 0.129 e. The number of aromatic nitrogens is 1. The number of halogens is 1. The van der Waals surface area contributed by atoms with Gasteiger partial charge in [0.1, 0.15) is 5.82 Å². The number of benzene rings is 2. The first-order valence-electron chi connectivity index (χ1n) is 11.1. The van der Waals surface area contributed by atoms with Crippen molar-refractivity contribution >= 4 is 0 Å². The van der Waals surface area contributed by atoms with Crippen molar-refractivity contribution in [1.82, 2.24) is 4.98 Å². The van der Waals surface area contributed by atoms with Gasteiger partial charge in [-0.25, -0.2) is 4.39 Å². The summed E-state index contributed by atoms with van der Waals surface area (Å²) in [5, 5.41) is 0. The summed E-state index contributed by atoms with van der Waals surface area (Å²) >= 11 is 0. The maximum absolute atomic E-state index is 15.1. The molecule has 0 unspecified atom stereocenters. The van der Waals surface area contributed by atoms with Crippen LogP contribution in [-0.4, -0.2) is 18.7 Å². The van der Waals surface area contributed by atoms with Gasteiger partial charge in [0.05, 0.1) is 12.2 Å². The topological polar surface area (TPSA) is 31.4 Å². The monoisotopic (exact) mass is 419 g/mol. The van der Waals surface area contributed by atoms with Crippen molar-refractivity contribution in [2.24, 2.45) is 5.92 Å². The Balaban J connectivity index is 1.41. The van der Waals surface area contributed by atoms with Crippen LogP contribution in [0.4, 0.5) is 4.39 Å². The van der Waals surface area contributed by atoms with Crippen LogP contribution in [0.1, 0.15) is 43.2 Å². The lowest BCUT2D eigenvalue weighted by atomic mass is 9.72. The van der Waals surface area contributed by atoms with E-state index in [-0.39, 0.29) is 5.82 Å². The van der Waals surface area contributed by atoms with Crippen molar-refractivity contribution in [3.63, 3.8) is 0 Å². The molecule has 1 aromatic heterocycles. The fraction of sp³-hybridized carbons (Fsp3) is 0.370. The van der Waals surface area contributed by atoms with Gasteiger partial charge in [0, 0.05) is 31.7 Å². The second-order valence-electron chi connectivity index (χ2n) is 8.37. The lowest BCUT2D eigenvalue weighted by Crippen LogP contribution is -2.35. The van der Waals surface area contributed by atoms with E-state index >= 15 is 4.39 Å². The number of methoxy groups -OCH3 is 1. The Morgan fingerprint density at radius 2 is 1.71 bits per heavy atom. The van der Waals surface area contributed by atoms with E-state index in [1.807, 2.05) is 36.4 Å². The number of nitrogens with zero attached hydrogens (tertiary/aromatic N) is 1. The molecular formula is C27H30FNO2. The quantitative estimate of drug-likeness (QED) is 0.389. The molecule has 0 saturated heterocycles. The predicted octanol–water partition coefficient (Wildman–Crippen LogP) is 6.53. The minimum absolute atomic E-state index is 0.194. The minimum atomic E-state index is -0.592. The molecule has 162 valence electrons. The van der Waals surface area contributed by atoms with Gasteiger partial charge < -0.3 is 9.47 Å². The SMILES string of the molecule is COC1(c2c(F)cccc2-c2ccncc2)CCC(CCOCc2ccccc2)CC1. The number of hydrogen-bond acceptors (Lipinski definition) is 3. The standard InChI is InChI=1S/C27H30FNO2/c1-30-27(26-24(8-5-9-25(26)28)23-12-17-29-18-13-23)15-10-21(11-16-27)14-19-31-20-22-6-3-2-4-7-22/h2-9,12-13,17-18,21H,10-11,14-16,19-20H2,1H3. The van der Waals surface area contributed by atoms with E-state index in [1.165, 1.54) is 5.56 Å². The summed E-state index contributed by atoms with van der Waals surface area (Å²) in [6.45, 7) is 1.40. The second-order valence-corrected chi connectivity index (χ2v) is 8.37. The molecule has 0 N–H and O–H groups in total. The number of pyridine rings is 1. The highest BCUT2D eigenvalue weighted by Gasteiger charge is 2.40. The highest BCUT2D eigenvalue weighted by atomic mass is 19.1. The van der Waals surface area contributed by atoms with Gasteiger partial charge in [-0.15, -0.1) is 0 Å². The number of hydrogen-bond donors (Lipinski definition) is 0. The van der Waals surface area contributed by atoms with Crippen LogP contribution < -0.4 is 0 Å². The Labute approximate surface area is 184 Å². The molecule has 4 rings (SSSR count). The number of ether oxygens (including phenoxy) is 2. The van der Waals surface area contributed by atoms with E-state index in [9.17, 15) is 0 Å². The van der Waals surface area contributed by atoms with Gasteiger partial charge in [0.25, 0.3) is 0 Å². The van der Waals surface area contributed by atoms with Crippen molar-refractivity contribution in [1.29, 1.82) is 0 Å². The molecule has 2 aromatic carbocycles. The fourth-order valence-corrected chi connectivity index (χ4v) is 4.76. The zero-order chi connectivity index (χ0) is 21.5. The highest BCUT2D eigenvalue weighted by Crippen LogP contribution is 2.47. The summed E-state index contributed by atoms with van der Waals surface area (Å²) in [7, 11) is 1.71. The Hall–Kier alpha value is -2.56. The van der Waals surface area contributed by atoms with E-state index in [1.54, 1.807) is 31.6 Å². The van der Waals surface area contributed by atoms with E-state index < -0.39 is 5.60 Å². The van der Waals surface area contributed by atoms with Gasteiger partial charge in [-0.3, -0.25) is 4.98 Å². The van der Waals surface area contributed by atoms with Gasteiger partial charge in [-0.2, -0.15) is 0 Å². The second kappa shape index (κ2) is 10.2. The summed E-state index contributed by atoms with van der Waals surface area (Å²) in [6.07, 6.45) is 8.16. The normalized spacial score (nSPS) is 21.2. The molecule has 1 aliphatic carbocycles. The number of rotatable bonds is 8. The first-order chi connectivity index (χ1) is 15.2. The molecule has 4 heteroatoms. The van der Waals surface area contributed by atoms with Crippen LogP contribution >= 0.6 is 0 Å². The average Bonchev–Trinajstić information content (AvgIpc) is 2.83. The summed E-state index contributed by atoms with van der Waals surface area (Å²) in [5.41, 5.74) is 3.16. The highest BCUT2D eigenvalue weighted by molar-refractivity contribution is 5.68. The molecule has 31 heavy (non-hydrogen) atoms. The molecule has 0 radical (unpaired) electrons. The van der Waals surface area contributed by atoms with Crippen LogP contribution in [0, 0.1) is 11.7 Å². The largest absolute Gasteiger partial charge is 0.377 e. The first-order valence-corrected chi connectivity index (χ1v) is 11.1. The zero-order valence-corrected chi connectivity index (χ0v) is 18.1. The van der Waals surface area contributed by atoms with Crippen LogP contribution in [0.25, 0.3) is 11.1 Å². The fourth-order valence-electron chi connectivity index (χ4n) is 4.76. The third kappa shape index (κ3) is 5.03. The summed E-state index contributed by atoms with van der Waals surface area (Å²) < 4.78 is 27.1. The van der Waals surface area contributed by atoms with Gasteiger partial charge >= 0.3 is 0 Å². The first kappa shape index (κ1) is 21.7. The molecule has 1 saturated carbocycles. The van der Waals surface area contributed by atoms with Crippen LogP contribution in [-0.2, 0) is 21.7 Å². The molecule has 0 aliphatic heterocycles. The molecule has 0 amide bonds. The van der Waals surface area contributed by atoms with Crippen LogP contribution in [0.2, 0.25) is 0 Å². The van der Waals surface area contributed by atoms with Gasteiger partial charge in [0.15, 0.2) is 0 Å². The van der Waals surface area contributed by atoms with E-state index in [0.29, 0.717) is 18.1 Å². The Morgan fingerprint density at radius 3 is 2.42 bits per heavy atom. The van der Waals surface area contributed by atoms with Gasteiger partial charge in [0.2, 0.25) is 0 Å². The maximum Gasteiger partial charge on any atom is 0.129 e.